The molecule has 12 aromatic rings. The molecule has 5 heteroatoms. The number of para-hydroxylation sites is 1. The summed E-state index contributed by atoms with van der Waals surface area (Å²) >= 11 is 0. The van der Waals surface area contributed by atoms with Crippen molar-refractivity contribution in [2.75, 3.05) is 0 Å². The molecule has 12 rings (SSSR count). The Balaban J connectivity index is 0.880. The molecule has 0 bridgehead atoms. The number of benzene rings is 8. The van der Waals surface area contributed by atoms with Crippen LogP contribution in [0.3, 0.4) is 0 Å². The first-order valence-corrected chi connectivity index (χ1v) is 21.2. The third kappa shape index (κ3) is 6.69. The lowest BCUT2D eigenvalue weighted by Gasteiger charge is -2.12. The van der Waals surface area contributed by atoms with E-state index in [4.69, 9.17) is 19.9 Å². The number of pyridine rings is 2. The predicted octanol–water partition coefficient (Wildman–Crippen LogP) is 14.6. The van der Waals surface area contributed by atoms with Crippen LogP contribution in [0.2, 0.25) is 0 Å². The summed E-state index contributed by atoms with van der Waals surface area (Å²) in [6, 6.07) is 74.4. The van der Waals surface area contributed by atoms with Gasteiger partial charge in [-0.1, -0.05) is 182 Å². The monoisotopic (exact) mass is 803 g/mol. The zero-order chi connectivity index (χ0) is 41.7. The highest BCUT2D eigenvalue weighted by Gasteiger charge is 2.17. The van der Waals surface area contributed by atoms with E-state index in [9.17, 15) is 0 Å². The molecular weight excluding hydrogens is 767 g/mol. The van der Waals surface area contributed by atoms with Gasteiger partial charge in [-0.25, -0.2) is 19.9 Å². The lowest BCUT2D eigenvalue weighted by atomic mass is 9.96. The number of hydrogen-bond acceptors (Lipinski definition) is 4. The molecule has 0 spiro atoms. The summed E-state index contributed by atoms with van der Waals surface area (Å²) < 4.78 is 2.13. The minimum atomic E-state index is 0.702. The fourth-order valence-corrected chi connectivity index (χ4v) is 8.77. The van der Waals surface area contributed by atoms with Gasteiger partial charge in [-0.15, -0.1) is 0 Å². The number of hydrogen-bond donors (Lipinski definition) is 0. The first-order chi connectivity index (χ1) is 31.2. The maximum Gasteiger partial charge on any atom is 0.160 e. The molecule has 0 N–H and O–H groups in total. The maximum atomic E-state index is 5.24. The number of fused-ring (bicyclic) bond motifs is 6. The summed E-state index contributed by atoms with van der Waals surface area (Å²) in [5.41, 5.74) is 15.4. The van der Waals surface area contributed by atoms with Crippen LogP contribution >= 0.6 is 0 Å². The van der Waals surface area contributed by atoms with Crippen LogP contribution in [0.15, 0.2) is 225 Å². The molecule has 63 heavy (non-hydrogen) atoms. The quantitative estimate of drug-likeness (QED) is 0.151. The van der Waals surface area contributed by atoms with Crippen LogP contribution in [0.25, 0.3) is 117 Å². The normalized spacial score (nSPS) is 11.5. The summed E-state index contributed by atoms with van der Waals surface area (Å²) in [6.07, 6.45) is 4.21. The Morgan fingerprint density at radius 2 is 0.825 bits per heavy atom. The Hall–Kier alpha value is -8.54. The van der Waals surface area contributed by atoms with Crippen molar-refractivity contribution in [2.24, 2.45) is 0 Å². The Morgan fingerprint density at radius 3 is 1.54 bits per heavy atom. The second-order valence-electron chi connectivity index (χ2n) is 15.9. The number of aromatic nitrogens is 5. The molecule has 4 heterocycles. The summed E-state index contributed by atoms with van der Waals surface area (Å²) in [5, 5.41) is 5.58. The van der Waals surface area contributed by atoms with Crippen LogP contribution in [0, 0.1) is 0 Å². The highest BCUT2D eigenvalue weighted by Crippen LogP contribution is 2.37. The largest absolute Gasteiger partial charge is 0.306 e. The molecule has 294 valence electrons. The van der Waals surface area contributed by atoms with E-state index in [1.807, 2.05) is 30.3 Å². The van der Waals surface area contributed by atoms with E-state index in [-0.39, 0.29) is 0 Å². The van der Waals surface area contributed by atoms with E-state index in [1.54, 1.807) is 0 Å². The van der Waals surface area contributed by atoms with Gasteiger partial charge in [0.05, 0.1) is 28.3 Å². The van der Waals surface area contributed by atoms with E-state index in [2.05, 4.69) is 199 Å². The van der Waals surface area contributed by atoms with Crippen molar-refractivity contribution in [1.82, 2.24) is 24.3 Å². The number of nitrogens with zero attached hydrogens (tertiary/aromatic N) is 5. The standard InChI is InChI=1S/C58H37N5/c1-4-12-38(13-5-1)39-20-24-42(25-21-39)52-36-53(61-57(60-52)44-16-8-3-9-17-44)48-31-30-46-34-45(28-29-47(46)35-48)40-22-26-43(27-23-40)56-50-32-33-63-37-54(41-14-6-2-7-15-41)62-58(63)55(50)49-18-10-11-19-51(49)59-56/h1-37H. The van der Waals surface area contributed by atoms with Gasteiger partial charge in [0.1, 0.15) is 5.65 Å². The molecule has 0 saturated heterocycles. The minimum Gasteiger partial charge on any atom is -0.306 e. The molecule has 0 aliphatic heterocycles. The Morgan fingerprint density at radius 1 is 0.317 bits per heavy atom. The van der Waals surface area contributed by atoms with Gasteiger partial charge in [0, 0.05) is 56.4 Å². The highest BCUT2D eigenvalue weighted by atomic mass is 15.0. The average Bonchev–Trinajstić information content (AvgIpc) is 3.82. The molecule has 0 fully saturated rings. The zero-order valence-electron chi connectivity index (χ0n) is 34.1. The fourth-order valence-electron chi connectivity index (χ4n) is 8.77. The van der Waals surface area contributed by atoms with Crippen molar-refractivity contribution in [1.29, 1.82) is 0 Å². The third-order valence-electron chi connectivity index (χ3n) is 12.0. The lowest BCUT2D eigenvalue weighted by Crippen LogP contribution is -1.96. The van der Waals surface area contributed by atoms with Gasteiger partial charge in [0.2, 0.25) is 0 Å². The van der Waals surface area contributed by atoms with Gasteiger partial charge >= 0.3 is 0 Å². The Kier molecular flexibility index (Phi) is 8.75. The summed E-state index contributed by atoms with van der Waals surface area (Å²) in [7, 11) is 0. The van der Waals surface area contributed by atoms with E-state index >= 15 is 0 Å². The second kappa shape index (κ2) is 15.2. The second-order valence-corrected chi connectivity index (χ2v) is 15.9. The predicted molar refractivity (Wildman–Crippen MR) is 259 cm³/mol. The van der Waals surface area contributed by atoms with E-state index < -0.39 is 0 Å². The first kappa shape index (κ1) is 36.3. The van der Waals surface area contributed by atoms with Gasteiger partial charge in [0.15, 0.2) is 5.82 Å². The molecule has 0 atom stereocenters. The topological polar surface area (TPSA) is 56.0 Å². The Bertz CT molecular complexity index is 3640. The van der Waals surface area contributed by atoms with Gasteiger partial charge in [-0.3, -0.25) is 0 Å². The van der Waals surface area contributed by atoms with Crippen LogP contribution < -0.4 is 0 Å². The molecule has 0 aliphatic carbocycles. The fraction of sp³-hybridized carbons (Fsp3) is 0. The van der Waals surface area contributed by atoms with Gasteiger partial charge in [0.25, 0.3) is 0 Å². The highest BCUT2D eigenvalue weighted by molar-refractivity contribution is 6.16. The van der Waals surface area contributed by atoms with Gasteiger partial charge in [-0.2, -0.15) is 0 Å². The van der Waals surface area contributed by atoms with E-state index in [0.717, 1.165) is 99.8 Å². The molecule has 0 radical (unpaired) electrons. The van der Waals surface area contributed by atoms with Crippen molar-refractivity contribution in [3.63, 3.8) is 0 Å². The smallest absolute Gasteiger partial charge is 0.160 e. The Labute approximate surface area is 364 Å². The van der Waals surface area contributed by atoms with E-state index in [1.165, 1.54) is 11.1 Å². The van der Waals surface area contributed by atoms with Crippen LogP contribution in [0.1, 0.15) is 0 Å². The molecule has 4 aromatic heterocycles. The lowest BCUT2D eigenvalue weighted by molar-refractivity contribution is 1.18. The first-order valence-electron chi connectivity index (χ1n) is 21.2. The zero-order valence-corrected chi connectivity index (χ0v) is 34.1. The van der Waals surface area contributed by atoms with Gasteiger partial charge < -0.3 is 4.40 Å². The van der Waals surface area contributed by atoms with Crippen LogP contribution in [-0.4, -0.2) is 24.3 Å². The number of imidazole rings is 1. The van der Waals surface area contributed by atoms with Crippen molar-refractivity contribution in [3.05, 3.63) is 225 Å². The molecule has 0 amide bonds. The maximum absolute atomic E-state index is 5.24. The van der Waals surface area contributed by atoms with Crippen molar-refractivity contribution < 1.29 is 0 Å². The van der Waals surface area contributed by atoms with Crippen LogP contribution in [0.4, 0.5) is 0 Å². The van der Waals surface area contributed by atoms with Crippen molar-refractivity contribution >= 4 is 38.1 Å². The SMILES string of the molecule is c1ccc(-c2ccc(-c3cc(-c4ccc5cc(-c6ccc(-c7nc8ccccc8c8c7ccn7cc(-c9ccccc9)nc87)cc6)ccc5c4)nc(-c4ccccc4)n3)cc2)cc1. The average molecular weight is 804 g/mol. The summed E-state index contributed by atoms with van der Waals surface area (Å²) in [5.74, 6) is 0.702. The molecule has 5 nitrogen and oxygen atoms in total. The van der Waals surface area contributed by atoms with Crippen molar-refractivity contribution in [2.45, 2.75) is 0 Å². The summed E-state index contributed by atoms with van der Waals surface area (Å²) in [6.45, 7) is 0. The summed E-state index contributed by atoms with van der Waals surface area (Å²) in [4.78, 5) is 20.6. The van der Waals surface area contributed by atoms with Crippen LogP contribution in [-0.2, 0) is 0 Å². The minimum absolute atomic E-state index is 0.702. The molecular formula is C58H37N5. The van der Waals surface area contributed by atoms with E-state index in [0.29, 0.717) is 5.82 Å². The van der Waals surface area contributed by atoms with Gasteiger partial charge in [-0.05, 0) is 63.4 Å². The number of rotatable bonds is 7. The molecule has 8 aromatic carbocycles. The molecule has 0 aliphatic rings. The van der Waals surface area contributed by atoms with Crippen molar-refractivity contribution in [3.8, 4) is 78.7 Å². The van der Waals surface area contributed by atoms with Crippen LogP contribution in [0.5, 0.6) is 0 Å². The third-order valence-corrected chi connectivity index (χ3v) is 12.0. The molecule has 0 unspecified atom stereocenters. The molecule has 0 saturated carbocycles.